The Bertz CT molecular complexity index is 684. The third-order valence-electron chi connectivity index (χ3n) is 5.04. The number of piperidine rings is 1. The average Bonchev–Trinajstić information content (AvgIpc) is 2.92. The number of carbonyl (C=O) groups is 1. The number of hydrogen-bond donors (Lipinski definition) is 0. The summed E-state index contributed by atoms with van der Waals surface area (Å²) in [5, 5.41) is 0. The minimum absolute atomic E-state index is 0.00327. The van der Waals surface area contributed by atoms with Gasteiger partial charge in [0.1, 0.15) is 5.78 Å². The summed E-state index contributed by atoms with van der Waals surface area (Å²) in [6.45, 7) is 4.64. The van der Waals surface area contributed by atoms with Crippen molar-refractivity contribution in [1.29, 1.82) is 0 Å². The first-order chi connectivity index (χ1) is 10.3. The molecule has 0 radical (unpaired) electrons. The van der Waals surface area contributed by atoms with Gasteiger partial charge in [0, 0.05) is 37.5 Å². The number of aryl methyl sites for hydroxylation is 1. The van der Waals surface area contributed by atoms with Gasteiger partial charge in [-0.3, -0.25) is 9.69 Å². The van der Waals surface area contributed by atoms with Crippen molar-refractivity contribution in [1.82, 2.24) is 9.21 Å². The van der Waals surface area contributed by atoms with Gasteiger partial charge in [-0.25, -0.2) is 8.42 Å². The third kappa shape index (κ3) is 2.49. The molecule has 22 heavy (non-hydrogen) atoms. The maximum atomic E-state index is 12.8. The number of nitrogens with zero attached hydrogens (tertiary/aromatic N) is 2. The highest BCUT2D eigenvalue weighted by Gasteiger charge is 2.48. The quantitative estimate of drug-likeness (QED) is 0.823. The first kappa shape index (κ1) is 15.6. The first-order valence-electron chi connectivity index (χ1n) is 7.62. The zero-order chi connectivity index (χ0) is 16.1. The van der Waals surface area contributed by atoms with Crippen LogP contribution in [0, 0.1) is 12.8 Å². The Balaban J connectivity index is 1.88. The summed E-state index contributed by atoms with van der Waals surface area (Å²) < 4.78 is 27.0. The number of likely N-dealkylation sites (tertiary alicyclic amines) is 1. The minimum Gasteiger partial charge on any atom is -0.299 e. The van der Waals surface area contributed by atoms with Crippen LogP contribution in [0.1, 0.15) is 18.9 Å². The summed E-state index contributed by atoms with van der Waals surface area (Å²) in [7, 11) is -1.54. The van der Waals surface area contributed by atoms with Crippen LogP contribution in [0.25, 0.3) is 0 Å². The molecule has 0 unspecified atom stereocenters. The Morgan fingerprint density at radius 1 is 1.14 bits per heavy atom. The number of carbonyl (C=O) groups excluding carboxylic acids is 1. The predicted molar refractivity (Wildman–Crippen MR) is 84.1 cm³/mol. The van der Waals surface area contributed by atoms with E-state index in [9.17, 15) is 13.2 Å². The van der Waals surface area contributed by atoms with E-state index in [-0.39, 0.29) is 23.8 Å². The van der Waals surface area contributed by atoms with Crippen LogP contribution in [0.15, 0.2) is 29.2 Å². The van der Waals surface area contributed by atoms with Crippen molar-refractivity contribution >= 4 is 15.8 Å². The second kappa shape index (κ2) is 5.44. The van der Waals surface area contributed by atoms with Crippen molar-refractivity contribution in [2.24, 2.45) is 5.92 Å². The lowest BCUT2D eigenvalue weighted by Crippen LogP contribution is -2.51. The molecule has 120 valence electrons. The maximum absolute atomic E-state index is 12.8. The van der Waals surface area contributed by atoms with Crippen LogP contribution in [0.5, 0.6) is 0 Å². The smallest absolute Gasteiger partial charge is 0.243 e. The lowest BCUT2D eigenvalue weighted by Gasteiger charge is -2.38. The van der Waals surface area contributed by atoms with Crippen molar-refractivity contribution < 1.29 is 13.2 Å². The van der Waals surface area contributed by atoms with E-state index in [4.69, 9.17) is 0 Å². The van der Waals surface area contributed by atoms with Gasteiger partial charge in [-0.1, -0.05) is 17.7 Å². The van der Waals surface area contributed by atoms with Crippen molar-refractivity contribution in [2.75, 3.05) is 20.1 Å². The lowest BCUT2D eigenvalue weighted by atomic mass is 9.87. The Kier molecular flexibility index (Phi) is 3.87. The fourth-order valence-electron chi connectivity index (χ4n) is 3.45. The van der Waals surface area contributed by atoms with Crippen molar-refractivity contribution in [3.05, 3.63) is 29.8 Å². The van der Waals surface area contributed by atoms with Gasteiger partial charge in [-0.15, -0.1) is 0 Å². The number of sulfonamides is 1. The number of likely N-dealkylation sites (N-methyl/N-ethyl adjacent to an activating group) is 1. The van der Waals surface area contributed by atoms with Gasteiger partial charge >= 0.3 is 0 Å². The van der Waals surface area contributed by atoms with E-state index in [1.165, 1.54) is 4.31 Å². The second-order valence-electron chi connectivity index (χ2n) is 6.49. The number of rotatable bonds is 2. The molecule has 6 heteroatoms. The van der Waals surface area contributed by atoms with Gasteiger partial charge in [-0.05, 0) is 33.0 Å². The first-order valence-corrected chi connectivity index (χ1v) is 9.06. The molecule has 0 N–H and O–H groups in total. The molecule has 1 aromatic rings. The Hall–Kier alpha value is -1.24. The molecule has 1 aromatic carbocycles. The van der Waals surface area contributed by atoms with E-state index >= 15 is 0 Å². The molecule has 0 saturated carbocycles. The van der Waals surface area contributed by atoms with Crippen LogP contribution in [0.4, 0.5) is 0 Å². The van der Waals surface area contributed by atoms with Crippen molar-refractivity contribution in [3.63, 3.8) is 0 Å². The standard InChI is InChI=1S/C16H22N2O3S/c1-11-4-6-13(7-5-11)22(20,21)18-9-14-15(10-18)17(3)12(2)8-16(14)19/h4-7,12,14-15H,8-10H2,1-3H3/t12-,14+,15-/m0/s1. The molecule has 2 aliphatic rings. The van der Waals surface area contributed by atoms with Crippen LogP contribution in [-0.2, 0) is 14.8 Å². The van der Waals surface area contributed by atoms with Crippen LogP contribution >= 0.6 is 0 Å². The van der Waals surface area contributed by atoms with Crippen LogP contribution < -0.4 is 0 Å². The third-order valence-corrected chi connectivity index (χ3v) is 6.89. The zero-order valence-electron chi connectivity index (χ0n) is 13.2. The molecule has 2 aliphatic heterocycles. The molecule has 0 bridgehead atoms. The average molecular weight is 322 g/mol. The van der Waals surface area contributed by atoms with Gasteiger partial charge in [0.05, 0.1) is 4.90 Å². The van der Waals surface area contributed by atoms with Gasteiger partial charge in [-0.2, -0.15) is 4.31 Å². The topological polar surface area (TPSA) is 57.7 Å². The molecular weight excluding hydrogens is 300 g/mol. The van der Waals surface area contributed by atoms with Gasteiger partial charge in [0.15, 0.2) is 0 Å². The van der Waals surface area contributed by atoms with Crippen LogP contribution in [0.3, 0.4) is 0 Å². The van der Waals surface area contributed by atoms with E-state index < -0.39 is 10.0 Å². The summed E-state index contributed by atoms with van der Waals surface area (Å²) >= 11 is 0. The van der Waals surface area contributed by atoms with Crippen LogP contribution in [0.2, 0.25) is 0 Å². The van der Waals surface area contributed by atoms with E-state index in [0.29, 0.717) is 24.4 Å². The van der Waals surface area contributed by atoms with E-state index in [1.54, 1.807) is 24.3 Å². The Labute approximate surface area is 132 Å². The highest BCUT2D eigenvalue weighted by atomic mass is 32.2. The molecule has 2 fully saturated rings. The van der Waals surface area contributed by atoms with Gasteiger partial charge in [0.2, 0.25) is 10.0 Å². The molecule has 0 spiro atoms. The number of fused-ring (bicyclic) bond motifs is 1. The Morgan fingerprint density at radius 3 is 2.41 bits per heavy atom. The van der Waals surface area contributed by atoms with Gasteiger partial charge in [0.25, 0.3) is 0 Å². The van der Waals surface area contributed by atoms with E-state index in [2.05, 4.69) is 4.90 Å². The molecule has 2 saturated heterocycles. The van der Waals surface area contributed by atoms with Gasteiger partial charge < -0.3 is 0 Å². The second-order valence-corrected chi connectivity index (χ2v) is 8.43. The summed E-state index contributed by atoms with van der Waals surface area (Å²) in [6, 6.07) is 7.05. The maximum Gasteiger partial charge on any atom is 0.243 e. The molecule has 3 rings (SSSR count). The summed E-state index contributed by atoms with van der Waals surface area (Å²) in [5.41, 5.74) is 1.03. The fourth-order valence-corrected chi connectivity index (χ4v) is 4.93. The number of hydrogen-bond acceptors (Lipinski definition) is 4. The van der Waals surface area contributed by atoms with Crippen molar-refractivity contribution in [2.45, 2.75) is 37.2 Å². The van der Waals surface area contributed by atoms with Crippen molar-refractivity contribution in [3.8, 4) is 0 Å². The molecule has 0 aromatic heterocycles. The summed E-state index contributed by atoms with van der Waals surface area (Å²) in [4.78, 5) is 14.7. The fraction of sp³-hybridized carbons (Fsp3) is 0.562. The summed E-state index contributed by atoms with van der Waals surface area (Å²) in [5.74, 6) is -0.00127. The summed E-state index contributed by atoms with van der Waals surface area (Å²) in [6.07, 6.45) is 0.510. The monoisotopic (exact) mass is 322 g/mol. The number of ketones is 1. The van der Waals surface area contributed by atoms with E-state index in [1.807, 2.05) is 20.9 Å². The normalized spacial score (nSPS) is 30.5. The zero-order valence-corrected chi connectivity index (χ0v) is 14.0. The SMILES string of the molecule is Cc1ccc(S(=O)(=O)N2C[C@H]3C(=O)C[C@H](C)N(C)[C@H]3C2)cc1. The highest BCUT2D eigenvalue weighted by molar-refractivity contribution is 7.89. The number of benzene rings is 1. The molecular formula is C16H22N2O3S. The molecule has 0 aliphatic carbocycles. The Morgan fingerprint density at radius 2 is 1.77 bits per heavy atom. The molecule has 2 heterocycles. The van der Waals surface area contributed by atoms with Crippen LogP contribution in [-0.4, -0.2) is 55.6 Å². The minimum atomic E-state index is -3.52. The largest absolute Gasteiger partial charge is 0.299 e. The number of Topliss-reactive ketones (excluding diaryl/α,β-unsaturated/α-hetero) is 1. The molecule has 5 nitrogen and oxygen atoms in total. The predicted octanol–water partition coefficient (Wildman–Crippen LogP) is 1.28. The highest BCUT2D eigenvalue weighted by Crippen LogP contribution is 2.33. The molecule has 0 amide bonds. The lowest BCUT2D eigenvalue weighted by molar-refractivity contribution is -0.128. The van der Waals surface area contributed by atoms with E-state index in [0.717, 1.165) is 5.56 Å². The molecule has 3 atom stereocenters.